The SMILES string of the molecule is O=C1COc2cc(C(=O)N3CCCC4CCCCC43)ccc2N1. The van der Waals surface area contributed by atoms with Crippen LogP contribution in [0.4, 0.5) is 5.69 Å². The molecule has 1 aromatic rings. The number of hydrogen-bond donors (Lipinski definition) is 1. The van der Waals surface area contributed by atoms with Gasteiger partial charge in [-0.25, -0.2) is 0 Å². The van der Waals surface area contributed by atoms with Crippen LogP contribution in [0.2, 0.25) is 0 Å². The smallest absolute Gasteiger partial charge is 0.262 e. The number of piperidine rings is 1. The molecule has 5 nitrogen and oxygen atoms in total. The van der Waals surface area contributed by atoms with Crippen LogP contribution in [-0.2, 0) is 4.79 Å². The predicted molar refractivity (Wildman–Crippen MR) is 86.6 cm³/mol. The Labute approximate surface area is 136 Å². The lowest BCUT2D eigenvalue weighted by Gasteiger charge is -2.44. The van der Waals surface area contributed by atoms with Crippen molar-refractivity contribution in [3.8, 4) is 5.75 Å². The summed E-state index contributed by atoms with van der Waals surface area (Å²) in [7, 11) is 0. The first-order chi connectivity index (χ1) is 11.2. The van der Waals surface area contributed by atoms with Gasteiger partial charge >= 0.3 is 0 Å². The zero-order chi connectivity index (χ0) is 15.8. The quantitative estimate of drug-likeness (QED) is 0.867. The number of likely N-dealkylation sites (tertiary alicyclic amines) is 1. The largest absolute Gasteiger partial charge is 0.482 e. The van der Waals surface area contributed by atoms with Crippen LogP contribution in [0.25, 0.3) is 0 Å². The molecular formula is C18H22N2O3. The molecule has 5 heteroatoms. The molecule has 0 spiro atoms. The molecule has 0 aromatic heterocycles. The fourth-order valence-electron chi connectivity index (χ4n) is 4.25. The number of hydrogen-bond acceptors (Lipinski definition) is 3. The lowest BCUT2D eigenvalue weighted by Crippen LogP contribution is -2.49. The van der Waals surface area contributed by atoms with Gasteiger partial charge in [-0.3, -0.25) is 9.59 Å². The number of amides is 2. The Hall–Kier alpha value is -2.04. The number of rotatable bonds is 1. The second-order valence-corrected chi connectivity index (χ2v) is 6.80. The lowest BCUT2D eigenvalue weighted by molar-refractivity contribution is -0.118. The maximum atomic E-state index is 13.0. The Morgan fingerprint density at radius 1 is 1.17 bits per heavy atom. The first kappa shape index (κ1) is 14.5. The van der Waals surface area contributed by atoms with Crippen LogP contribution >= 0.6 is 0 Å². The molecule has 3 aliphatic rings. The van der Waals surface area contributed by atoms with Crippen LogP contribution in [0, 0.1) is 5.92 Å². The molecule has 0 radical (unpaired) electrons. The summed E-state index contributed by atoms with van der Waals surface area (Å²) < 4.78 is 5.44. The average molecular weight is 314 g/mol. The van der Waals surface area contributed by atoms with E-state index >= 15 is 0 Å². The van der Waals surface area contributed by atoms with E-state index in [-0.39, 0.29) is 18.4 Å². The van der Waals surface area contributed by atoms with Crippen molar-refractivity contribution < 1.29 is 14.3 Å². The van der Waals surface area contributed by atoms with Crippen LogP contribution in [-0.4, -0.2) is 35.9 Å². The highest BCUT2D eigenvalue weighted by Crippen LogP contribution is 2.36. The van der Waals surface area contributed by atoms with Gasteiger partial charge < -0.3 is 15.0 Å². The van der Waals surface area contributed by atoms with Crippen molar-refractivity contribution in [3.05, 3.63) is 23.8 Å². The summed E-state index contributed by atoms with van der Waals surface area (Å²) in [5.74, 6) is 1.21. The monoisotopic (exact) mass is 314 g/mol. The number of ether oxygens (including phenoxy) is 1. The van der Waals surface area contributed by atoms with Crippen LogP contribution < -0.4 is 10.1 Å². The summed E-state index contributed by atoms with van der Waals surface area (Å²) in [4.78, 5) is 26.4. The Kier molecular flexibility index (Phi) is 3.71. The third kappa shape index (κ3) is 2.69. The number of nitrogens with one attached hydrogen (secondary N) is 1. The number of anilines is 1. The van der Waals surface area contributed by atoms with Gasteiger partial charge in [-0.05, 0) is 49.8 Å². The second-order valence-electron chi connectivity index (χ2n) is 6.80. The lowest BCUT2D eigenvalue weighted by atomic mass is 9.78. The summed E-state index contributed by atoms with van der Waals surface area (Å²) in [5.41, 5.74) is 1.30. The molecule has 2 heterocycles. The standard InChI is InChI=1S/C18H22N2O3/c21-17-11-23-16-10-13(7-8-14(16)19-17)18(22)20-9-3-5-12-4-1-2-6-15(12)20/h7-8,10,12,15H,1-6,9,11H2,(H,19,21). The van der Waals surface area contributed by atoms with E-state index in [1.165, 1.54) is 25.7 Å². The van der Waals surface area contributed by atoms with Gasteiger partial charge in [0.2, 0.25) is 0 Å². The van der Waals surface area contributed by atoms with Crippen LogP contribution in [0.3, 0.4) is 0 Å². The van der Waals surface area contributed by atoms with E-state index in [4.69, 9.17) is 4.74 Å². The maximum absolute atomic E-state index is 13.0. The molecule has 2 amide bonds. The molecule has 1 aliphatic carbocycles. The van der Waals surface area contributed by atoms with Crippen molar-refractivity contribution >= 4 is 17.5 Å². The minimum atomic E-state index is -0.155. The highest BCUT2D eigenvalue weighted by molar-refractivity contribution is 5.99. The number of benzene rings is 1. The topological polar surface area (TPSA) is 58.6 Å². The molecule has 23 heavy (non-hydrogen) atoms. The molecule has 1 N–H and O–H groups in total. The fourth-order valence-corrected chi connectivity index (χ4v) is 4.25. The van der Waals surface area contributed by atoms with Gasteiger partial charge in [-0.2, -0.15) is 0 Å². The van der Waals surface area contributed by atoms with Gasteiger partial charge in [0.05, 0.1) is 5.69 Å². The fraction of sp³-hybridized carbons (Fsp3) is 0.556. The van der Waals surface area contributed by atoms with Crippen LogP contribution in [0.1, 0.15) is 48.9 Å². The minimum absolute atomic E-state index is 0.0130. The molecule has 2 aliphatic heterocycles. The highest BCUT2D eigenvalue weighted by atomic mass is 16.5. The van der Waals surface area contributed by atoms with Crippen LogP contribution in [0.5, 0.6) is 5.75 Å². The van der Waals surface area contributed by atoms with Gasteiger partial charge in [0.25, 0.3) is 11.8 Å². The van der Waals surface area contributed by atoms with Gasteiger partial charge in [0.15, 0.2) is 6.61 Å². The van der Waals surface area contributed by atoms with Crippen molar-refractivity contribution in [1.29, 1.82) is 0 Å². The summed E-state index contributed by atoms with van der Waals surface area (Å²) in [5, 5.41) is 2.76. The first-order valence-corrected chi connectivity index (χ1v) is 8.60. The Bertz CT molecular complexity index is 641. The molecular weight excluding hydrogens is 292 g/mol. The van der Waals surface area contributed by atoms with Crippen molar-refractivity contribution in [2.45, 2.75) is 44.6 Å². The molecule has 1 aromatic carbocycles. The molecule has 2 fully saturated rings. The Balaban J connectivity index is 1.57. The highest BCUT2D eigenvalue weighted by Gasteiger charge is 2.36. The Morgan fingerprint density at radius 3 is 2.91 bits per heavy atom. The minimum Gasteiger partial charge on any atom is -0.482 e. The summed E-state index contributed by atoms with van der Waals surface area (Å²) in [6.45, 7) is 0.869. The van der Waals surface area contributed by atoms with Crippen molar-refractivity contribution in [2.75, 3.05) is 18.5 Å². The zero-order valence-corrected chi connectivity index (χ0v) is 13.2. The first-order valence-electron chi connectivity index (χ1n) is 8.60. The summed E-state index contributed by atoms with van der Waals surface area (Å²) in [6.07, 6.45) is 7.28. The van der Waals surface area contributed by atoms with E-state index < -0.39 is 0 Å². The molecule has 1 saturated heterocycles. The number of carbonyl (C=O) groups excluding carboxylic acids is 2. The van der Waals surface area contributed by atoms with Crippen molar-refractivity contribution in [2.24, 2.45) is 5.92 Å². The van der Waals surface area contributed by atoms with E-state index in [1.807, 2.05) is 0 Å². The van der Waals surface area contributed by atoms with Crippen LogP contribution in [0.15, 0.2) is 18.2 Å². The molecule has 1 saturated carbocycles. The van der Waals surface area contributed by atoms with Crippen molar-refractivity contribution in [3.63, 3.8) is 0 Å². The predicted octanol–water partition coefficient (Wildman–Crippen LogP) is 2.81. The average Bonchev–Trinajstić information content (AvgIpc) is 2.60. The zero-order valence-electron chi connectivity index (χ0n) is 13.2. The van der Waals surface area contributed by atoms with Crippen molar-refractivity contribution in [1.82, 2.24) is 4.90 Å². The van der Waals surface area contributed by atoms with E-state index in [0.29, 0.717) is 29.0 Å². The normalized spacial score (nSPS) is 26.6. The summed E-state index contributed by atoms with van der Waals surface area (Å²) in [6, 6.07) is 5.73. The number of fused-ring (bicyclic) bond motifs is 2. The van der Waals surface area contributed by atoms with E-state index in [9.17, 15) is 9.59 Å². The molecule has 122 valence electrons. The van der Waals surface area contributed by atoms with E-state index in [0.717, 1.165) is 19.4 Å². The third-order valence-corrected chi connectivity index (χ3v) is 5.37. The maximum Gasteiger partial charge on any atom is 0.262 e. The van der Waals surface area contributed by atoms with Gasteiger partial charge in [0.1, 0.15) is 5.75 Å². The molecule has 2 unspecified atom stereocenters. The van der Waals surface area contributed by atoms with E-state index in [2.05, 4.69) is 10.2 Å². The number of nitrogens with zero attached hydrogens (tertiary/aromatic N) is 1. The molecule has 4 rings (SSSR count). The van der Waals surface area contributed by atoms with E-state index in [1.54, 1.807) is 18.2 Å². The summed E-state index contributed by atoms with van der Waals surface area (Å²) >= 11 is 0. The van der Waals surface area contributed by atoms with Gasteiger partial charge in [-0.1, -0.05) is 12.8 Å². The Morgan fingerprint density at radius 2 is 2.00 bits per heavy atom. The number of carbonyl (C=O) groups is 2. The van der Waals surface area contributed by atoms with Gasteiger partial charge in [-0.15, -0.1) is 0 Å². The van der Waals surface area contributed by atoms with Gasteiger partial charge in [0, 0.05) is 18.2 Å². The molecule has 2 atom stereocenters. The third-order valence-electron chi connectivity index (χ3n) is 5.37. The molecule has 0 bridgehead atoms. The second kappa shape index (κ2) is 5.87.